The maximum absolute atomic E-state index is 13.0. The summed E-state index contributed by atoms with van der Waals surface area (Å²) in [5, 5.41) is 8.44. The van der Waals surface area contributed by atoms with E-state index in [0.717, 1.165) is 19.4 Å². The van der Waals surface area contributed by atoms with E-state index in [1.54, 1.807) is 12.1 Å². The fourth-order valence-corrected chi connectivity index (χ4v) is 5.93. The molecule has 0 bridgehead atoms. The largest absolute Gasteiger partial charge is 0.423 e. The molecule has 3 amide bonds. The Hall–Kier alpha value is -2.42. The van der Waals surface area contributed by atoms with E-state index in [2.05, 4.69) is 16.0 Å². The van der Waals surface area contributed by atoms with Gasteiger partial charge in [0.25, 0.3) is 0 Å². The van der Waals surface area contributed by atoms with Gasteiger partial charge >= 0.3 is 7.60 Å². The van der Waals surface area contributed by atoms with Crippen LogP contribution in [0.5, 0.6) is 5.75 Å². The molecule has 3 aliphatic rings. The van der Waals surface area contributed by atoms with Crippen molar-refractivity contribution in [3.05, 3.63) is 24.3 Å². The van der Waals surface area contributed by atoms with Crippen molar-refractivity contribution in [3.8, 4) is 5.75 Å². The van der Waals surface area contributed by atoms with Crippen molar-refractivity contribution in [2.75, 3.05) is 18.4 Å². The zero-order chi connectivity index (χ0) is 22.0. The average Bonchev–Trinajstić information content (AvgIpc) is 3.50. The summed E-state index contributed by atoms with van der Waals surface area (Å²) in [6, 6.07) is 5.25. The standard InChI is InChI=1S/C20H27N4O6P/c25-17-10-9-15(23-17)19(26)22-13-5-7-14(8-6-13)30-31(28,29)18-4-2-12-24(18)20(27)16-3-1-11-21-16/h5-8,15-16,18,21H,1-4,9-12H2,(H,22,26)(H,23,25)(H,28,29)/t15-,16-,18+/m0/s1. The molecule has 31 heavy (non-hydrogen) atoms. The van der Waals surface area contributed by atoms with Crippen molar-refractivity contribution in [1.29, 1.82) is 0 Å². The number of nitrogens with one attached hydrogen (secondary N) is 3. The Morgan fingerprint density at radius 2 is 1.90 bits per heavy atom. The van der Waals surface area contributed by atoms with Gasteiger partial charge in [-0.3, -0.25) is 14.4 Å². The molecule has 0 saturated carbocycles. The van der Waals surface area contributed by atoms with Crippen molar-refractivity contribution in [2.24, 2.45) is 0 Å². The first-order chi connectivity index (χ1) is 14.8. The predicted molar refractivity (Wildman–Crippen MR) is 112 cm³/mol. The number of nitrogens with zero attached hydrogens (tertiary/aromatic N) is 1. The molecule has 3 heterocycles. The van der Waals surface area contributed by atoms with Gasteiger partial charge in [-0.25, -0.2) is 4.57 Å². The van der Waals surface area contributed by atoms with Crippen molar-refractivity contribution in [3.63, 3.8) is 0 Å². The third-order valence-corrected chi connectivity index (χ3v) is 7.67. The monoisotopic (exact) mass is 450 g/mol. The van der Waals surface area contributed by atoms with E-state index in [-0.39, 0.29) is 29.5 Å². The molecule has 0 radical (unpaired) electrons. The molecule has 1 aromatic rings. The molecule has 168 valence electrons. The number of likely N-dealkylation sites (tertiary alicyclic amines) is 1. The van der Waals surface area contributed by atoms with Crippen LogP contribution < -0.4 is 20.5 Å². The normalized spacial score (nSPS) is 27.6. The lowest BCUT2D eigenvalue weighted by molar-refractivity contribution is -0.133. The summed E-state index contributed by atoms with van der Waals surface area (Å²) >= 11 is 0. The summed E-state index contributed by atoms with van der Waals surface area (Å²) in [6.07, 6.45) is 3.49. The molecule has 1 aromatic carbocycles. The lowest BCUT2D eigenvalue weighted by atomic mass is 10.2. The maximum Gasteiger partial charge on any atom is 0.398 e. The number of hydrogen-bond acceptors (Lipinski definition) is 6. The molecule has 0 spiro atoms. The Morgan fingerprint density at radius 1 is 1.13 bits per heavy atom. The van der Waals surface area contributed by atoms with Gasteiger partial charge in [-0.2, -0.15) is 0 Å². The van der Waals surface area contributed by atoms with E-state index in [1.807, 2.05) is 0 Å². The number of rotatable bonds is 6. The molecule has 0 aliphatic carbocycles. The number of anilines is 1. The molecule has 1 unspecified atom stereocenters. The Bertz CT molecular complexity index is 901. The molecule has 3 saturated heterocycles. The van der Waals surface area contributed by atoms with Gasteiger partial charge in [0.2, 0.25) is 17.7 Å². The fraction of sp³-hybridized carbons (Fsp3) is 0.550. The number of hydrogen-bond donors (Lipinski definition) is 4. The topological polar surface area (TPSA) is 137 Å². The predicted octanol–water partition coefficient (Wildman–Crippen LogP) is 1.17. The van der Waals surface area contributed by atoms with Crippen LogP contribution in [0.15, 0.2) is 24.3 Å². The molecule has 3 aliphatic heterocycles. The van der Waals surface area contributed by atoms with Crippen LogP contribution >= 0.6 is 7.60 Å². The zero-order valence-electron chi connectivity index (χ0n) is 17.1. The highest BCUT2D eigenvalue weighted by Gasteiger charge is 2.45. The molecule has 4 rings (SSSR count). The van der Waals surface area contributed by atoms with Crippen molar-refractivity contribution >= 4 is 31.0 Å². The van der Waals surface area contributed by atoms with Crippen LogP contribution in [0, 0.1) is 0 Å². The average molecular weight is 450 g/mol. The first kappa shape index (κ1) is 21.8. The van der Waals surface area contributed by atoms with Gasteiger partial charge < -0.3 is 30.3 Å². The van der Waals surface area contributed by atoms with E-state index in [4.69, 9.17) is 4.52 Å². The van der Waals surface area contributed by atoms with Gasteiger partial charge in [-0.1, -0.05) is 0 Å². The Morgan fingerprint density at radius 3 is 2.55 bits per heavy atom. The van der Waals surface area contributed by atoms with Crippen LogP contribution in [-0.4, -0.2) is 58.5 Å². The van der Waals surface area contributed by atoms with E-state index in [9.17, 15) is 23.8 Å². The van der Waals surface area contributed by atoms with Crippen LogP contribution in [0.1, 0.15) is 38.5 Å². The second-order valence-corrected chi connectivity index (χ2v) is 10.0. The van der Waals surface area contributed by atoms with Gasteiger partial charge in [0.1, 0.15) is 17.6 Å². The van der Waals surface area contributed by atoms with Crippen LogP contribution in [0.3, 0.4) is 0 Å². The van der Waals surface area contributed by atoms with E-state index in [0.29, 0.717) is 37.9 Å². The summed E-state index contributed by atoms with van der Waals surface area (Å²) in [5.41, 5.74) is 0.483. The highest BCUT2D eigenvalue weighted by Crippen LogP contribution is 2.53. The summed E-state index contributed by atoms with van der Waals surface area (Å²) in [6.45, 7) is 1.22. The first-order valence-corrected chi connectivity index (χ1v) is 12.2. The molecule has 10 nitrogen and oxygen atoms in total. The van der Waals surface area contributed by atoms with Crippen LogP contribution in [0.25, 0.3) is 0 Å². The molecule has 3 fully saturated rings. The quantitative estimate of drug-likeness (QED) is 0.478. The van der Waals surface area contributed by atoms with Crippen molar-refractivity contribution < 1.29 is 28.4 Å². The minimum Gasteiger partial charge on any atom is -0.423 e. The molecule has 4 atom stereocenters. The van der Waals surface area contributed by atoms with Crippen LogP contribution in [0.4, 0.5) is 5.69 Å². The second-order valence-electron chi connectivity index (χ2n) is 8.13. The highest BCUT2D eigenvalue weighted by molar-refractivity contribution is 7.54. The van der Waals surface area contributed by atoms with Gasteiger partial charge in [-0.05, 0) is 62.9 Å². The Kier molecular flexibility index (Phi) is 6.31. The lowest BCUT2D eigenvalue weighted by Crippen LogP contribution is -2.46. The Labute approximate surface area is 180 Å². The van der Waals surface area contributed by atoms with Crippen molar-refractivity contribution in [2.45, 2.75) is 56.4 Å². The third-order valence-electron chi connectivity index (χ3n) is 5.91. The summed E-state index contributed by atoms with van der Waals surface area (Å²) in [5.74, 6) is -1.29. The number of benzene rings is 1. The maximum atomic E-state index is 13.0. The summed E-state index contributed by atoms with van der Waals surface area (Å²) in [4.78, 5) is 48.3. The minimum absolute atomic E-state index is 0.144. The summed E-state index contributed by atoms with van der Waals surface area (Å²) in [7, 11) is -4.14. The molecule has 4 N–H and O–H groups in total. The molecule has 11 heteroatoms. The van der Waals surface area contributed by atoms with Crippen LogP contribution in [-0.2, 0) is 18.9 Å². The van der Waals surface area contributed by atoms with Gasteiger partial charge in [0, 0.05) is 18.7 Å². The lowest BCUT2D eigenvalue weighted by Gasteiger charge is -2.29. The fourth-order valence-electron chi connectivity index (χ4n) is 4.29. The molecular weight excluding hydrogens is 423 g/mol. The van der Waals surface area contributed by atoms with Crippen LogP contribution in [0.2, 0.25) is 0 Å². The first-order valence-electron chi connectivity index (χ1n) is 10.6. The Balaban J connectivity index is 1.37. The van der Waals surface area contributed by atoms with Gasteiger partial charge in [-0.15, -0.1) is 0 Å². The zero-order valence-corrected chi connectivity index (χ0v) is 18.0. The minimum atomic E-state index is -4.14. The third kappa shape index (κ3) is 4.92. The van der Waals surface area contributed by atoms with E-state index < -0.39 is 19.4 Å². The van der Waals surface area contributed by atoms with Crippen molar-refractivity contribution in [1.82, 2.24) is 15.5 Å². The van der Waals surface area contributed by atoms with E-state index in [1.165, 1.54) is 17.0 Å². The SMILES string of the molecule is O=C1CC[C@@H](C(=O)Nc2ccc(OP(=O)(O)[C@@H]3CCCN3C(=O)[C@@H]3CCCN3)cc2)N1. The number of carbonyl (C=O) groups is 3. The summed E-state index contributed by atoms with van der Waals surface area (Å²) < 4.78 is 18.4. The number of carbonyl (C=O) groups excluding carboxylic acids is 3. The molecular formula is C20H27N4O6P. The molecule has 0 aromatic heterocycles. The second kappa shape index (κ2) is 8.98. The number of amides is 3. The smallest absolute Gasteiger partial charge is 0.398 e. The highest BCUT2D eigenvalue weighted by atomic mass is 31.2. The van der Waals surface area contributed by atoms with Gasteiger partial charge in [0.05, 0.1) is 6.04 Å². The van der Waals surface area contributed by atoms with Gasteiger partial charge in [0.15, 0.2) is 0 Å². The van der Waals surface area contributed by atoms with E-state index >= 15 is 0 Å².